The number of hydrogen-bond donors (Lipinski definition) is 2. The molecule has 0 radical (unpaired) electrons. The predicted molar refractivity (Wildman–Crippen MR) is 109 cm³/mol. The maximum atomic E-state index is 12.2. The van der Waals surface area contributed by atoms with E-state index in [1.54, 1.807) is 38.2 Å². The fraction of sp³-hybridized carbons (Fsp3) is 0.476. The SMILES string of the molecule is CC(C)(C)N.Cc1cc(C(=O)NC(C)c2ccc(OCCC(F)(F)F)nc2)ccn1. The normalized spacial score (nSPS) is 12.4. The van der Waals surface area contributed by atoms with Crippen molar-refractivity contribution in [2.45, 2.75) is 58.8 Å². The van der Waals surface area contributed by atoms with Crippen LogP contribution in [0.4, 0.5) is 13.2 Å². The average Bonchev–Trinajstić information content (AvgIpc) is 2.59. The lowest BCUT2D eigenvalue weighted by molar-refractivity contribution is -0.139. The Labute approximate surface area is 175 Å². The summed E-state index contributed by atoms with van der Waals surface area (Å²) in [6, 6.07) is 6.10. The lowest BCUT2D eigenvalue weighted by Gasteiger charge is -2.15. The highest BCUT2D eigenvalue weighted by Gasteiger charge is 2.26. The third-order valence-electron chi connectivity index (χ3n) is 3.40. The molecule has 2 aromatic heterocycles. The van der Waals surface area contributed by atoms with Gasteiger partial charge < -0.3 is 15.8 Å². The molecule has 0 saturated heterocycles. The highest BCUT2D eigenvalue weighted by Crippen LogP contribution is 2.20. The topological polar surface area (TPSA) is 90.1 Å². The molecular formula is C21H29F3N4O2. The fourth-order valence-corrected chi connectivity index (χ4v) is 2.05. The molecule has 1 atom stereocenters. The summed E-state index contributed by atoms with van der Waals surface area (Å²) in [5.74, 6) is -0.139. The molecule has 0 saturated carbocycles. The van der Waals surface area contributed by atoms with Crippen molar-refractivity contribution < 1.29 is 22.7 Å². The van der Waals surface area contributed by atoms with Crippen molar-refractivity contribution in [3.63, 3.8) is 0 Å². The van der Waals surface area contributed by atoms with Crippen molar-refractivity contribution in [3.05, 3.63) is 53.5 Å². The van der Waals surface area contributed by atoms with Crippen molar-refractivity contribution in [2.24, 2.45) is 5.73 Å². The number of hydrogen-bond acceptors (Lipinski definition) is 5. The van der Waals surface area contributed by atoms with Crippen LogP contribution in [-0.4, -0.2) is 34.2 Å². The number of aryl methyl sites for hydroxylation is 1. The minimum Gasteiger partial charge on any atom is -0.477 e. The van der Waals surface area contributed by atoms with Gasteiger partial charge in [0.15, 0.2) is 0 Å². The molecule has 0 aliphatic heterocycles. The Bertz CT molecular complexity index is 797. The smallest absolute Gasteiger partial charge is 0.392 e. The Morgan fingerprint density at radius 3 is 2.33 bits per heavy atom. The third kappa shape index (κ3) is 11.4. The van der Waals surface area contributed by atoms with E-state index < -0.39 is 19.2 Å². The molecule has 6 nitrogen and oxygen atoms in total. The second-order valence-electron chi connectivity index (χ2n) is 7.89. The molecule has 2 rings (SSSR count). The first-order chi connectivity index (χ1) is 13.7. The van der Waals surface area contributed by atoms with Gasteiger partial charge in [-0.05, 0) is 52.3 Å². The van der Waals surface area contributed by atoms with Crippen molar-refractivity contribution in [2.75, 3.05) is 6.61 Å². The molecule has 0 spiro atoms. The molecule has 2 heterocycles. The number of ether oxygens (including phenoxy) is 1. The first-order valence-corrected chi connectivity index (χ1v) is 9.42. The minimum absolute atomic E-state index is 0. The molecule has 3 N–H and O–H groups in total. The largest absolute Gasteiger partial charge is 0.477 e. The molecule has 9 heteroatoms. The third-order valence-corrected chi connectivity index (χ3v) is 3.40. The monoisotopic (exact) mass is 426 g/mol. The van der Waals surface area contributed by atoms with Crippen LogP contribution in [0.1, 0.15) is 61.8 Å². The Morgan fingerprint density at radius 1 is 1.20 bits per heavy atom. The summed E-state index contributed by atoms with van der Waals surface area (Å²) in [6.45, 7) is 8.99. The molecule has 0 aromatic carbocycles. The maximum absolute atomic E-state index is 12.2. The highest BCUT2D eigenvalue weighted by molar-refractivity contribution is 5.94. The molecular weight excluding hydrogens is 397 g/mol. The van der Waals surface area contributed by atoms with Gasteiger partial charge in [0.05, 0.1) is 19.1 Å². The Balaban J connectivity index is 0.000000804. The van der Waals surface area contributed by atoms with Crippen LogP contribution in [0.25, 0.3) is 0 Å². The molecule has 1 amide bonds. The Kier molecular flexibility index (Phi) is 9.22. The number of pyridine rings is 2. The van der Waals surface area contributed by atoms with Gasteiger partial charge in [-0.3, -0.25) is 9.78 Å². The summed E-state index contributed by atoms with van der Waals surface area (Å²) in [5, 5.41) is 2.83. The van der Waals surface area contributed by atoms with Crippen LogP contribution in [-0.2, 0) is 0 Å². The molecule has 1 unspecified atom stereocenters. The molecule has 0 bridgehead atoms. The number of alkyl halides is 3. The molecule has 30 heavy (non-hydrogen) atoms. The number of nitrogens with two attached hydrogens (primary N) is 1. The zero-order valence-electron chi connectivity index (χ0n) is 17.9. The maximum Gasteiger partial charge on any atom is 0.392 e. The molecule has 0 fully saturated rings. The van der Waals surface area contributed by atoms with Crippen LogP contribution in [0, 0.1) is 6.92 Å². The second kappa shape index (κ2) is 10.9. The van der Waals surface area contributed by atoms with Gasteiger partial charge >= 0.3 is 6.18 Å². The van der Waals surface area contributed by atoms with Gasteiger partial charge in [0, 0.05) is 35.3 Å². The van der Waals surface area contributed by atoms with E-state index in [0.717, 1.165) is 5.69 Å². The minimum atomic E-state index is -4.26. The van der Waals surface area contributed by atoms with Gasteiger partial charge in [-0.1, -0.05) is 6.07 Å². The van der Waals surface area contributed by atoms with Crippen molar-refractivity contribution >= 4 is 5.91 Å². The zero-order chi connectivity index (χ0) is 22.9. The number of aromatic nitrogens is 2. The quantitative estimate of drug-likeness (QED) is 0.717. The summed E-state index contributed by atoms with van der Waals surface area (Å²) < 4.78 is 41.2. The predicted octanol–water partition coefficient (Wildman–Crippen LogP) is 4.35. The van der Waals surface area contributed by atoms with E-state index in [4.69, 9.17) is 10.5 Å². The number of rotatable bonds is 6. The van der Waals surface area contributed by atoms with E-state index in [9.17, 15) is 18.0 Å². The number of nitrogens with one attached hydrogen (secondary N) is 1. The summed E-state index contributed by atoms with van der Waals surface area (Å²) in [7, 11) is 0. The molecule has 0 aliphatic rings. The zero-order valence-corrected chi connectivity index (χ0v) is 17.9. The van der Waals surface area contributed by atoms with Gasteiger partial charge in [0.2, 0.25) is 5.88 Å². The van der Waals surface area contributed by atoms with Crippen molar-refractivity contribution in [3.8, 4) is 5.88 Å². The molecule has 166 valence electrons. The summed E-state index contributed by atoms with van der Waals surface area (Å²) >= 11 is 0. The van der Waals surface area contributed by atoms with Crippen LogP contribution in [0.2, 0.25) is 0 Å². The lowest BCUT2D eigenvalue weighted by atomic mass is 10.1. The van der Waals surface area contributed by atoms with Crippen molar-refractivity contribution in [1.82, 2.24) is 15.3 Å². The van der Waals surface area contributed by atoms with Crippen LogP contribution < -0.4 is 15.8 Å². The van der Waals surface area contributed by atoms with Gasteiger partial charge in [0.1, 0.15) is 0 Å². The van der Waals surface area contributed by atoms with Gasteiger partial charge in [-0.15, -0.1) is 0 Å². The van der Waals surface area contributed by atoms with E-state index in [1.807, 2.05) is 20.8 Å². The van der Waals surface area contributed by atoms with Crippen LogP contribution >= 0.6 is 0 Å². The summed E-state index contributed by atoms with van der Waals surface area (Å²) in [5.41, 5.74) is 7.30. The highest BCUT2D eigenvalue weighted by atomic mass is 19.4. The molecule has 0 aliphatic carbocycles. The van der Waals surface area contributed by atoms with Gasteiger partial charge in [-0.2, -0.15) is 13.2 Å². The van der Waals surface area contributed by atoms with E-state index in [0.29, 0.717) is 11.1 Å². The van der Waals surface area contributed by atoms with Crippen LogP contribution in [0.15, 0.2) is 36.7 Å². The van der Waals surface area contributed by atoms with E-state index in [2.05, 4.69) is 15.3 Å². The fourth-order valence-electron chi connectivity index (χ4n) is 2.05. The van der Waals surface area contributed by atoms with Gasteiger partial charge in [0.25, 0.3) is 5.91 Å². The Morgan fingerprint density at radius 2 is 1.83 bits per heavy atom. The summed E-state index contributed by atoms with van der Waals surface area (Å²) in [6.07, 6.45) is -2.27. The number of carbonyl (C=O) groups excluding carboxylic acids is 1. The number of amides is 1. The summed E-state index contributed by atoms with van der Waals surface area (Å²) in [4.78, 5) is 20.2. The number of carbonyl (C=O) groups is 1. The van der Waals surface area contributed by atoms with E-state index in [-0.39, 0.29) is 23.4 Å². The number of nitrogens with zero attached hydrogens (tertiary/aromatic N) is 2. The van der Waals surface area contributed by atoms with Crippen molar-refractivity contribution in [1.29, 1.82) is 0 Å². The van der Waals surface area contributed by atoms with Crippen LogP contribution in [0.3, 0.4) is 0 Å². The second-order valence-corrected chi connectivity index (χ2v) is 7.89. The standard InChI is InChI=1S/C17H18F3N3O2.C4H11N/c1-11-9-13(5-7-21-11)16(24)23-12(2)14-3-4-15(22-10-14)25-8-6-17(18,19)20;1-4(2,3)5/h3-5,7,9-10,12H,6,8H2,1-2H3,(H,23,24);5H2,1-3H3. The van der Waals surface area contributed by atoms with E-state index >= 15 is 0 Å². The van der Waals surface area contributed by atoms with E-state index in [1.165, 1.54) is 12.3 Å². The first-order valence-electron chi connectivity index (χ1n) is 9.42. The first kappa shape index (κ1) is 25.4. The average molecular weight is 426 g/mol. The number of halogens is 3. The lowest BCUT2D eigenvalue weighted by Crippen LogP contribution is -2.26. The van der Waals surface area contributed by atoms with Gasteiger partial charge in [-0.25, -0.2) is 4.98 Å². The van der Waals surface area contributed by atoms with Crippen LogP contribution in [0.5, 0.6) is 5.88 Å². The molecule has 2 aromatic rings. The Hall–Kier alpha value is -2.68.